The fourth-order valence-corrected chi connectivity index (χ4v) is 2.57. The maximum atomic E-state index is 12.2. The molecule has 120 valence electrons. The molecule has 6 heteroatoms. The van der Waals surface area contributed by atoms with Gasteiger partial charge < -0.3 is 14.5 Å². The molecule has 0 saturated carbocycles. The minimum atomic E-state index is -0.246. The summed E-state index contributed by atoms with van der Waals surface area (Å²) in [5.74, 6) is 0.645. The summed E-state index contributed by atoms with van der Waals surface area (Å²) in [7, 11) is 1.57. The van der Waals surface area contributed by atoms with Gasteiger partial charge >= 0.3 is 0 Å². The van der Waals surface area contributed by atoms with Gasteiger partial charge in [0.2, 0.25) is 0 Å². The first-order valence-corrected chi connectivity index (χ1v) is 7.44. The Labute approximate surface area is 134 Å². The van der Waals surface area contributed by atoms with Crippen molar-refractivity contribution < 1.29 is 13.9 Å². The molecule has 1 N–H and O–H groups in total. The average Bonchev–Trinajstić information content (AvgIpc) is 3.10. The van der Waals surface area contributed by atoms with Crippen LogP contribution in [0.3, 0.4) is 0 Å². The highest BCUT2D eigenvalue weighted by Gasteiger charge is 2.14. The van der Waals surface area contributed by atoms with Gasteiger partial charge in [0.1, 0.15) is 0 Å². The summed E-state index contributed by atoms with van der Waals surface area (Å²) in [6, 6.07) is 9.27. The van der Waals surface area contributed by atoms with Crippen molar-refractivity contribution in [2.24, 2.45) is 0 Å². The molecule has 1 amide bonds. The van der Waals surface area contributed by atoms with Gasteiger partial charge in [-0.15, -0.1) is 0 Å². The highest BCUT2D eigenvalue weighted by molar-refractivity contribution is 5.97. The van der Waals surface area contributed by atoms with E-state index in [1.807, 2.05) is 36.7 Å². The minimum Gasteiger partial charge on any atom is -0.493 e. The van der Waals surface area contributed by atoms with Crippen molar-refractivity contribution in [3.05, 3.63) is 47.5 Å². The Morgan fingerprint density at radius 3 is 2.87 bits per heavy atom. The van der Waals surface area contributed by atoms with Gasteiger partial charge in [0.05, 0.1) is 19.3 Å². The number of carbonyl (C=O) groups excluding carboxylic acids is 1. The number of ether oxygens (including phenoxy) is 1. The number of nitrogens with zero attached hydrogens (tertiary/aromatic N) is 2. The van der Waals surface area contributed by atoms with E-state index in [2.05, 4.69) is 10.4 Å². The highest BCUT2D eigenvalue weighted by Crippen LogP contribution is 2.28. The zero-order valence-electron chi connectivity index (χ0n) is 13.4. The Kier molecular flexibility index (Phi) is 4.06. The van der Waals surface area contributed by atoms with E-state index < -0.39 is 0 Å². The number of nitrogens with one attached hydrogen (secondary N) is 1. The zero-order chi connectivity index (χ0) is 16.4. The number of amides is 1. The molecule has 23 heavy (non-hydrogen) atoms. The van der Waals surface area contributed by atoms with E-state index in [-0.39, 0.29) is 11.7 Å². The van der Waals surface area contributed by atoms with Crippen LogP contribution < -0.4 is 10.1 Å². The van der Waals surface area contributed by atoms with Crippen LogP contribution in [0.2, 0.25) is 0 Å². The van der Waals surface area contributed by atoms with Crippen LogP contribution in [-0.2, 0) is 6.54 Å². The molecule has 0 radical (unpaired) electrons. The molecule has 1 aromatic carbocycles. The molecule has 0 aliphatic heterocycles. The Morgan fingerprint density at radius 2 is 2.17 bits per heavy atom. The zero-order valence-corrected chi connectivity index (χ0v) is 13.4. The fraction of sp³-hybridized carbons (Fsp3) is 0.294. The number of methoxy groups -OCH3 is 1. The van der Waals surface area contributed by atoms with Crippen LogP contribution in [0, 0.1) is 13.8 Å². The monoisotopic (exact) mass is 313 g/mol. The van der Waals surface area contributed by atoms with Gasteiger partial charge in [-0.05, 0) is 32.0 Å². The van der Waals surface area contributed by atoms with Crippen molar-refractivity contribution >= 4 is 16.9 Å². The SMILES string of the molecule is COc1cccc2cc(C(=O)NCCn3nc(C)cc3C)oc12. The van der Waals surface area contributed by atoms with Crippen molar-refractivity contribution in [2.45, 2.75) is 20.4 Å². The molecule has 0 spiro atoms. The second-order valence-electron chi connectivity index (χ2n) is 5.40. The second-order valence-corrected chi connectivity index (χ2v) is 5.40. The summed E-state index contributed by atoms with van der Waals surface area (Å²) in [6.07, 6.45) is 0. The number of aromatic nitrogens is 2. The Balaban J connectivity index is 1.67. The van der Waals surface area contributed by atoms with Crippen LogP contribution >= 0.6 is 0 Å². The number of rotatable bonds is 5. The number of para-hydroxylation sites is 1. The third-order valence-corrected chi connectivity index (χ3v) is 3.66. The lowest BCUT2D eigenvalue weighted by molar-refractivity contribution is 0.0926. The maximum Gasteiger partial charge on any atom is 0.287 e. The molecule has 3 aromatic rings. The Bertz CT molecular complexity index is 848. The molecular weight excluding hydrogens is 294 g/mol. The molecule has 0 saturated heterocycles. The largest absolute Gasteiger partial charge is 0.493 e. The molecule has 0 fully saturated rings. The van der Waals surface area contributed by atoms with Gasteiger partial charge in [-0.25, -0.2) is 0 Å². The standard InChI is InChI=1S/C17H19N3O3/c1-11-9-12(2)20(19-11)8-7-18-17(21)15-10-13-5-4-6-14(22-3)16(13)23-15/h4-6,9-10H,7-8H2,1-3H3,(H,18,21). The van der Waals surface area contributed by atoms with Crippen LogP contribution in [0.25, 0.3) is 11.0 Å². The lowest BCUT2D eigenvalue weighted by Crippen LogP contribution is -2.27. The normalized spacial score (nSPS) is 10.9. The number of fused-ring (bicyclic) bond motifs is 1. The maximum absolute atomic E-state index is 12.2. The first kappa shape index (κ1) is 15.1. The third kappa shape index (κ3) is 3.06. The van der Waals surface area contributed by atoms with Gasteiger partial charge in [-0.3, -0.25) is 9.48 Å². The predicted molar refractivity (Wildman–Crippen MR) is 86.8 cm³/mol. The highest BCUT2D eigenvalue weighted by atomic mass is 16.5. The van der Waals surface area contributed by atoms with Crippen molar-refractivity contribution in [3.8, 4) is 5.75 Å². The molecule has 0 aliphatic carbocycles. The van der Waals surface area contributed by atoms with E-state index in [0.29, 0.717) is 24.4 Å². The number of benzene rings is 1. The van der Waals surface area contributed by atoms with E-state index in [1.165, 1.54) is 0 Å². The molecule has 0 unspecified atom stereocenters. The predicted octanol–water partition coefficient (Wildman–Crippen LogP) is 2.68. The number of aryl methyl sites for hydroxylation is 2. The van der Waals surface area contributed by atoms with Gasteiger partial charge in [0, 0.05) is 17.6 Å². The first-order valence-electron chi connectivity index (χ1n) is 7.44. The smallest absolute Gasteiger partial charge is 0.287 e. The van der Waals surface area contributed by atoms with Gasteiger partial charge in [-0.2, -0.15) is 5.10 Å². The summed E-state index contributed by atoms with van der Waals surface area (Å²) in [5.41, 5.74) is 2.63. The number of hydrogen-bond acceptors (Lipinski definition) is 4. The summed E-state index contributed by atoms with van der Waals surface area (Å²) in [6.45, 7) is 5.04. The first-order chi connectivity index (χ1) is 11.1. The third-order valence-electron chi connectivity index (χ3n) is 3.66. The molecule has 0 aliphatic rings. The Morgan fingerprint density at radius 1 is 1.35 bits per heavy atom. The lowest BCUT2D eigenvalue weighted by atomic mass is 10.2. The van der Waals surface area contributed by atoms with Crippen molar-refractivity contribution in [1.82, 2.24) is 15.1 Å². The van der Waals surface area contributed by atoms with Crippen LogP contribution in [-0.4, -0.2) is 29.3 Å². The lowest BCUT2D eigenvalue weighted by Gasteiger charge is -2.05. The number of hydrogen-bond donors (Lipinski definition) is 1. The Hall–Kier alpha value is -2.76. The molecule has 2 heterocycles. The quantitative estimate of drug-likeness (QED) is 0.786. The van der Waals surface area contributed by atoms with Gasteiger partial charge in [0.15, 0.2) is 17.1 Å². The molecule has 6 nitrogen and oxygen atoms in total. The van der Waals surface area contributed by atoms with E-state index in [9.17, 15) is 4.79 Å². The molecule has 0 bridgehead atoms. The number of carbonyl (C=O) groups is 1. The minimum absolute atomic E-state index is 0.246. The number of furan rings is 1. The van der Waals surface area contributed by atoms with E-state index in [4.69, 9.17) is 9.15 Å². The molecule has 0 atom stereocenters. The summed E-state index contributed by atoms with van der Waals surface area (Å²) in [5, 5.41) is 8.05. The summed E-state index contributed by atoms with van der Waals surface area (Å²) < 4.78 is 12.7. The van der Waals surface area contributed by atoms with Crippen molar-refractivity contribution in [2.75, 3.05) is 13.7 Å². The van der Waals surface area contributed by atoms with E-state index in [1.54, 1.807) is 19.2 Å². The topological polar surface area (TPSA) is 69.3 Å². The van der Waals surface area contributed by atoms with Gasteiger partial charge in [-0.1, -0.05) is 12.1 Å². The average molecular weight is 313 g/mol. The van der Waals surface area contributed by atoms with Crippen molar-refractivity contribution in [3.63, 3.8) is 0 Å². The molecular formula is C17H19N3O3. The van der Waals surface area contributed by atoms with Crippen LogP contribution in [0.5, 0.6) is 5.75 Å². The van der Waals surface area contributed by atoms with Gasteiger partial charge in [0.25, 0.3) is 5.91 Å². The van der Waals surface area contributed by atoms with E-state index in [0.717, 1.165) is 16.8 Å². The fourth-order valence-electron chi connectivity index (χ4n) is 2.57. The van der Waals surface area contributed by atoms with Crippen LogP contribution in [0.1, 0.15) is 21.9 Å². The summed E-state index contributed by atoms with van der Waals surface area (Å²) >= 11 is 0. The molecule has 2 aromatic heterocycles. The molecule has 3 rings (SSSR count). The van der Waals surface area contributed by atoms with Crippen LogP contribution in [0.15, 0.2) is 34.7 Å². The van der Waals surface area contributed by atoms with Crippen LogP contribution in [0.4, 0.5) is 0 Å². The second kappa shape index (κ2) is 6.16. The summed E-state index contributed by atoms with van der Waals surface area (Å²) in [4.78, 5) is 12.2. The van der Waals surface area contributed by atoms with Crippen molar-refractivity contribution in [1.29, 1.82) is 0 Å². The van der Waals surface area contributed by atoms with E-state index >= 15 is 0 Å².